The predicted octanol–water partition coefficient (Wildman–Crippen LogP) is 1.64. The highest BCUT2D eigenvalue weighted by molar-refractivity contribution is 5.94. The van der Waals surface area contributed by atoms with Crippen molar-refractivity contribution in [2.75, 3.05) is 20.7 Å². The molecule has 0 aromatic heterocycles. The number of carbonyl (C=O) groups excluding carboxylic acids is 1. The van der Waals surface area contributed by atoms with E-state index in [9.17, 15) is 9.18 Å². The molecule has 2 rings (SSSR count). The van der Waals surface area contributed by atoms with Gasteiger partial charge >= 0.3 is 0 Å². The SMILES string of the molecule is COc1ccc(C(=O)N(C)C(CN)C2CC2)c(F)c1. The maximum atomic E-state index is 13.9. The van der Waals surface area contributed by atoms with Crippen LogP contribution < -0.4 is 10.5 Å². The highest BCUT2D eigenvalue weighted by Crippen LogP contribution is 2.35. The van der Waals surface area contributed by atoms with E-state index in [0.29, 0.717) is 18.2 Å². The molecular weight excluding hydrogens is 247 g/mol. The molecule has 1 saturated carbocycles. The molecule has 1 atom stereocenters. The number of amides is 1. The van der Waals surface area contributed by atoms with Crippen LogP contribution in [-0.4, -0.2) is 37.6 Å². The van der Waals surface area contributed by atoms with Crippen molar-refractivity contribution in [3.63, 3.8) is 0 Å². The topological polar surface area (TPSA) is 55.6 Å². The van der Waals surface area contributed by atoms with Gasteiger partial charge in [0.15, 0.2) is 0 Å². The fourth-order valence-electron chi connectivity index (χ4n) is 2.28. The molecule has 1 aromatic carbocycles. The molecule has 1 fully saturated rings. The van der Waals surface area contributed by atoms with E-state index in [4.69, 9.17) is 10.5 Å². The Labute approximate surface area is 112 Å². The Morgan fingerprint density at radius 2 is 2.26 bits per heavy atom. The van der Waals surface area contributed by atoms with Crippen LogP contribution in [0.1, 0.15) is 23.2 Å². The van der Waals surface area contributed by atoms with E-state index >= 15 is 0 Å². The van der Waals surface area contributed by atoms with Gasteiger partial charge < -0.3 is 15.4 Å². The molecule has 1 aromatic rings. The van der Waals surface area contributed by atoms with Crippen LogP contribution >= 0.6 is 0 Å². The summed E-state index contributed by atoms with van der Waals surface area (Å²) in [6.07, 6.45) is 2.18. The Bertz CT molecular complexity index is 475. The highest BCUT2D eigenvalue weighted by Gasteiger charge is 2.35. The van der Waals surface area contributed by atoms with Crippen LogP contribution in [0.15, 0.2) is 18.2 Å². The highest BCUT2D eigenvalue weighted by atomic mass is 19.1. The van der Waals surface area contributed by atoms with Crippen LogP contribution in [0, 0.1) is 11.7 Å². The fourth-order valence-corrected chi connectivity index (χ4v) is 2.28. The van der Waals surface area contributed by atoms with Gasteiger partial charge in [-0.3, -0.25) is 4.79 Å². The van der Waals surface area contributed by atoms with Crippen molar-refractivity contribution in [3.8, 4) is 5.75 Å². The second-order valence-corrected chi connectivity index (χ2v) is 4.90. The summed E-state index contributed by atoms with van der Waals surface area (Å²) in [5.74, 6) is -0.0419. The number of likely N-dealkylation sites (N-methyl/N-ethyl adjacent to an activating group) is 1. The Morgan fingerprint density at radius 1 is 1.58 bits per heavy atom. The summed E-state index contributed by atoms with van der Waals surface area (Å²) in [6, 6.07) is 4.25. The zero-order valence-corrected chi connectivity index (χ0v) is 11.2. The van der Waals surface area contributed by atoms with Crippen LogP contribution in [0.25, 0.3) is 0 Å². The summed E-state index contributed by atoms with van der Waals surface area (Å²) in [7, 11) is 3.14. The van der Waals surface area contributed by atoms with Crippen molar-refractivity contribution in [1.82, 2.24) is 4.90 Å². The zero-order chi connectivity index (χ0) is 14.0. The quantitative estimate of drug-likeness (QED) is 0.881. The number of nitrogens with two attached hydrogens (primary N) is 1. The minimum Gasteiger partial charge on any atom is -0.497 e. The number of halogens is 1. The van der Waals surface area contributed by atoms with E-state index in [1.165, 1.54) is 19.2 Å². The molecule has 0 radical (unpaired) electrons. The van der Waals surface area contributed by atoms with Crippen LogP contribution in [0.3, 0.4) is 0 Å². The molecule has 0 spiro atoms. The summed E-state index contributed by atoms with van der Waals surface area (Å²) < 4.78 is 18.8. The second-order valence-electron chi connectivity index (χ2n) is 4.90. The Hall–Kier alpha value is -1.62. The van der Waals surface area contributed by atoms with Crippen LogP contribution in [0.4, 0.5) is 4.39 Å². The summed E-state index contributed by atoms with van der Waals surface area (Å²) in [5.41, 5.74) is 5.76. The number of ether oxygens (including phenoxy) is 1. The Kier molecular flexibility index (Phi) is 4.04. The second kappa shape index (κ2) is 5.57. The first-order valence-electron chi connectivity index (χ1n) is 6.39. The lowest BCUT2D eigenvalue weighted by Gasteiger charge is -2.27. The first kappa shape index (κ1) is 13.8. The molecule has 1 aliphatic rings. The number of nitrogens with zero attached hydrogens (tertiary/aromatic N) is 1. The summed E-state index contributed by atoms with van der Waals surface area (Å²) in [4.78, 5) is 13.8. The van der Waals surface area contributed by atoms with Crippen molar-refractivity contribution in [2.24, 2.45) is 11.7 Å². The van der Waals surface area contributed by atoms with Crippen molar-refractivity contribution >= 4 is 5.91 Å². The molecule has 5 heteroatoms. The van der Waals surface area contributed by atoms with E-state index in [2.05, 4.69) is 0 Å². The molecule has 1 amide bonds. The summed E-state index contributed by atoms with van der Waals surface area (Å²) in [6.45, 7) is 0.407. The maximum Gasteiger partial charge on any atom is 0.256 e. The standard InChI is InChI=1S/C14H19FN2O2/c1-17(13(8-16)9-3-4-9)14(18)11-6-5-10(19-2)7-12(11)15/h5-7,9,13H,3-4,8,16H2,1-2H3. The van der Waals surface area contributed by atoms with Gasteiger partial charge in [-0.2, -0.15) is 0 Å². The molecule has 2 N–H and O–H groups in total. The zero-order valence-electron chi connectivity index (χ0n) is 11.2. The number of hydrogen-bond donors (Lipinski definition) is 1. The molecule has 104 valence electrons. The first-order valence-corrected chi connectivity index (χ1v) is 6.39. The van der Waals surface area contributed by atoms with Gasteiger partial charge in [0.1, 0.15) is 11.6 Å². The van der Waals surface area contributed by atoms with Crippen LogP contribution in [0.5, 0.6) is 5.75 Å². The molecule has 0 saturated heterocycles. The Balaban J connectivity index is 2.18. The molecular formula is C14H19FN2O2. The van der Waals surface area contributed by atoms with Gasteiger partial charge in [0.25, 0.3) is 5.91 Å². The first-order chi connectivity index (χ1) is 9.08. The van der Waals surface area contributed by atoms with Crippen molar-refractivity contribution < 1.29 is 13.9 Å². The van der Waals surface area contributed by atoms with E-state index in [0.717, 1.165) is 12.8 Å². The number of hydrogen-bond acceptors (Lipinski definition) is 3. The lowest BCUT2D eigenvalue weighted by molar-refractivity contribution is 0.0714. The number of benzene rings is 1. The van der Waals surface area contributed by atoms with E-state index in [-0.39, 0.29) is 17.5 Å². The van der Waals surface area contributed by atoms with E-state index < -0.39 is 5.82 Å². The molecule has 1 unspecified atom stereocenters. The molecule has 4 nitrogen and oxygen atoms in total. The van der Waals surface area contributed by atoms with Crippen LogP contribution in [-0.2, 0) is 0 Å². The van der Waals surface area contributed by atoms with Crippen LogP contribution in [0.2, 0.25) is 0 Å². The smallest absolute Gasteiger partial charge is 0.256 e. The molecule has 0 heterocycles. The average molecular weight is 266 g/mol. The lowest BCUT2D eigenvalue weighted by atomic mass is 10.1. The van der Waals surface area contributed by atoms with E-state index in [1.807, 2.05) is 0 Å². The van der Waals surface area contributed by atoms with E-state index in [1.54, 1.807) is 18.0 Å². The predicted molar refractivity (Wildman–Crippen MR) is 70.6 cm³/mol. The molecule has 19 heavy (non-hydrogen) atoms. The summed E-state index contributed by atoms with van der Waals surface area (Å²) in [5, 5.41) is 0. The van der Waals surface area contributed by atoms with Crippen molar-refractivity contribution in [2.45, 2.75) is 18.9 Å². The van der Waals surface area contributed by atoms with Gasteiger partial charge in [0.05, 0.1) is 12.7 Å². The third-order valence-corrected chi connectivity index (χ3v) is 3.63. The molecule has 0 bridgehead atoms. The molecule has 0 aliphatic heterocycles. The van der Waals surface area contributed by atoms with Gasteiger partial charge in [-0.25, -0.2) is 4.39 Å². The van der Waals surface area contributed by atoms with Gasteiger partial charge in [-0.15, -0.1) is 0 Å². The lowest BCUT2D eigenvalue weighted by Crippen LogP contribution is -2.43. The van der Waals surface area contributed by atoms with Gasteiger partial charge in [-0.1, -0.05) is 0 Å². The number of methoxy groups -OCH3 is 1. The monoisotopic (exact) mass is 266 g/mol. The number of rotatable bonds is 5. The largest absolute Gasteiger partial charge is 0.497 e. The normalized spacial score (nSPS) is 16.0. The fraction of sp³-hybridized carbons (Fsp3) is 0.500. The van der Waals surface area contributed by atoms with Crippen molar-refractivity contribution in [1.29, 1.82) is 0 Å². The number of carbonyl (C=O) groups is 1. The molecule has 1 aliphatic carbocycles. The minimum atomic E-state index is -0.567. The third-order valence-electron chi connectivity index (χ3n) is 3.63. The Morgan fingerprint density at radius 3 is 2.74 bits per heavy atom. The van der Waals surface area contributed by atoms with Crippen molar-refractivity contribution in [3.05, 3.63) is 29.6 Å². The third kappa shape index (κ3) is 2.87. The minimum absolute atomic E-state index is 0.00555. The van der Waals surface area contributed by atoms with Gasteiger partial charge in [0.2, 0.25) is 0 Å². The average Bonchev–Trinajstić information content (AvgIpc) is 3.23. The van der Waals surface area contributed by atoms with Gasteiger partial charge in [-0.05, 0) is 30.9 Å². The maximum absolute atomic E-state index is 13.9. The summed E-state index contributed by atoms with van der Waals surface area (Å²) >= 11 is 0. The van der Waals surface area contributed by atoms with Gasteiger partial charge in [0, 0.05) is 25.7 Å².